The minimum absolute atomic E-state index is 0.0672. The molecule has 3 aromatic heterocycles. The number of carbonyl (C=O) groups is 1. The number of aromatic nitrogens is 3. The Hall–Kier alpha value is -2.25. The molecule has 1 aromatic carbocycles. The van der Waals surface area contributed by atoms with E-state index < -0.39 is 0 Å². The largest absolute Gasteiger partial charge is 0.350 e. The van der Waals surface area contributed by atoms with Crippen molar-refractivity contribution < 1.29 is 4.79 Å². The molecule has 27 heavy (non-hydrogen) atoms. The van der Waals surface area contributed by atoms with Crippen molar-refractivity contribution in [2.24, 2.45) is 0 Å². The van der Waals surface area contributed by atoms with Crippen LogP contribution in [0.1, 0.15) is 30.0 Å². The molecule has 1 N–H and O–H groups in total. The van der Waals surface area contributed by atoms with Crippen LogP contribution >= 0.6 is 27.3 Å². The van der Waals surface area contributed by atoms with Crippen LogP contribution in [0.5, 0.6) is 0 Å². The predicted molar refractivity (Wildman–Crippen MR) is 112 cm³/mol. The third kappa shape index (κ3) is 4.54. The molecule has 4 rings (SSSR count). The Kier molecular flexibility index (Phi) is 5.50. The molecule has 4 aromatic rings. The number of nitrogens with one attached hydrogen (secondary N) is 1. The Bertz CT molecular complexity index is 1050. The molecule has 0 aliphatic rings. The lowest BCUT2D eigenvalue weighted by atomic mass is 10.2. The summed E-state index contributed by atoms with van der Waals surface area (Å²) in [7, 11) is 0. The molecule has 0 aliphatic carbocycles. The minimum Gasteiger partial charge on any atom is -0.350 e. The van der Waals surface area contributed by atoms with Crippen molar-refractivity contribution in [3.05, 3.63) is 64.0 Å². The molecule has 5 nitrogen and oxygen atoms in total. The lowest BCUT2D eigenvalue weighted by Gasteiger charge is -2.02. The second-order valence-corrected chi connectivity index (χ2v) is 8.44. The predicted octanol–water partition coefficient (Wildman–Crippen LogP) is 4.74. The summed E-state index contributed by atoms with van der Waals surface area (Å²) < 4.78 is 4.17. The van der Waals surface area contributed by atoms with Crippen LogP contribution in [0.4, 0.5) is 0 Å². The molecule has 0 fully saturated rings. The van der Waals surface area contributed by atoms with Gasteiger partial charge in [-0.25, -0.2) is 9.97 Å². The van der Waals surface area contributed by atoms with Gasteiger partial charge in [0.2, 0.25) is 5.91 Å². The highest BCUT2D eigenvalue weighted by Crippen LogP contribution is 2.22. The van der Waals surface area contributed by atoms with Gasteiger partial charge in [0.15, 0.2) is 0 Å². The van der Waals surface area contributed by atoms with Crippen molar-refractivity contribution in [3.8, 4) is 0 Å². The van der Waals surface area contributed by atoms with Crippen molar-refractivity contribution in [2.75, 3.05) is 0 Å². The fraction of sp³-hybridized carbons (Fsp3) is 0.250. The maximum atomic E-state index is 12.1. The van der Waals surface area contributed by atoms with Gasteiger partial charge in [0.25, 0.3) is 0 Å². The standard InChI is InChI=1S/C20H19BrN4OS/c21-14-9-10-18-23-15(13-25(18)12-14)11-22-19(26)7-3-4-8-20-24-16-5-1-2-6-17(16)27-20/h1-2,5-6,9-10,12-13H,3-4,7-8,11H2,(H,22,26). The van der Waals surface area contributed by atoms with Gasteiger partial charge in [-0.2, -0.15) is 0 Å². The first-order chi connectivity index (χ1) is 13.2. The minimum atomic E-state index is 0.0672. The number of hydrogen-bond donors (Lipinski definition) is 1. The van der Waals surface area contributed by atoms with Gasteiger partial charge in [0, 0.05) is 23.3 Å². The molecule has 0 bridgehead atoms. The van der Waals surface area contributed by atoms with E-state index in [-0.39, 0.29) is 5.91 Å². The van der Waals surface area contributed by atoms with Crippen molar-refractivity contribution in [3.63, 3.8) is 0 Å². The molecule has 0 aliphatic heterocycles. The molecular formula is C20H19BrN4OS. The van der Waals surface area contributed by atoms with Crippen LogP contribution in [0, 0.1) is 0 Å². The number of hydrogen-bond acceptors (Lipinski definition) is 4. The van der Waals surface area contributed by atoms with Gasteiger partial charge >= 0.3 is 0 Å². The molecule has 0 spiro atoms. The number of carbonyl (C=O) groups excluding carboxylic acids is 1. The molecule has 1 amide bonds. The zero-order chi connectivity index (χ0) is 18.6. The fourth-order valence-electron chi connectivity index (χ4n) is 2.97. The first-order valence-electron chi connectivity index (χ1n) is 8.92. The van der Waals surface area contributed by atoms with E-state index in [9.17, 15) is 4.79 Å². The summed E-state index contributed by atoms with van der Waals surface area (Å²) in [6.07, 6.45) is 7.18. The van der Waals surface area contributed by atoms with Crippen molar-refractivity contribution >= 4 is 49.0 Å². The van der Waals surface area contributed by atoms with E-state index in [1.54, 1.807) is 11.3 Å². The zero-order valence-electron chi connectivity index (χ0n) is 14.7. The normalized spacial score (nSPS) is 11.3. The fourth-order valence-corrected chi connectivity index (χ4v) is 4.33. The number of unbranched alkanes of at least 4 members (excludes halogenated alkanes) is 1. The Morgan fingerprint density at radius 1 is 1.11 bits per heavy atom. The van der Waals surface area contributed by atoms with Crippen molar-refractivity contribution in [1.82, 2.24) is 19.7 Å². The van der Waals surface area contributed by atoms with Crippen LogP contribution in [-0.2, 0) is 17.8 Å². The number of rotatable bonds is 7. The summed E-state index contributed by atoms with van der Waals surface area (Å²) in [4.78, 5) is 21.2. The monoisotopic (exact) mass is 442 g/mol. The van der Waals surface area contributed by atoms with E-state index in [0.717, 1.165) is 45.6 Å². The number of nitrogens with zero attached hydrogens (tertiary/aromatic N) is 3. The number of imidazole rings is 1. The van der Waals surface area contributed by atoms with E-state index in [1.807, 2.05) is 47.1 Å². The average molecular weight is 443 g/mol. The van der Waals surface area contributed by atoms with Gasteiger partial charge in [0.05, 0.1) is 27.5 Å². The Balaban J connectivity index is 1.21. The highest BCUT2D eigenvalue weighted by molar-refractivity contribution is 9.10. The van der Waals surface area contributed by atoms with Gasteiger partial charge in [-0.05, 0) is 59.5 Å². The first-order valence-corrected chi connectivity index (χ1v) is 10.5. The topological polar surface area (TPSA) is 59.3 Å². The smallest absolute Gasteiger partial charge is 0.220 e. The average Bonchev–Trinajstić information content (AvgIpc) is 3.26. The SMILES string of the molecule is O=C(CCCCc1nc2ccccc2s1)NCc1cn2cc(Br)ccc2n1. The molecular weight excluding hydrogens is 424 g/mol. The maximum Gasteiger partial charge on any atom is 0.220 e. The Morgan fingerprint density at radius 2 is 2.00 bits per heavy atom. The second-order valence-electron chi connectivity index (χ2n) is 6.40. The van der Waals surface area contributed by atoms with E-state index in [1.165, 1.54) is 4.70 Å². The molecule has 3 heterocycles. The third-order valence-electron chi connectivity index (χ3n) is 4.31. The van der Waals surface area contributed by atoms with Crippen molar-refractivity contribution in [2.45, 2.75) is 32.2 Å². The summed E-state index contributed by atoms with van der Waals surface area (Å²) in [5, 5.41) is 4.10. The lowest BCUT2D eigenvalue weighted by molar-refractivity contribution is -0.121. The number of halogens is 1. The van der Waals surface area contributed by atoms with Gasteiger partial charge in [-0.1, -0.05) is 12.1 Å². The van der Waals surface area contributed by atoms with Crippen LogP contribution in [0.15, 0.2) is 53.3 Å². The number of thiazole rings is 1. The van der Waals surface area contributed by atoms with Crippen molar-refractivity contribution in [1.29, 1.82) is 0 Å². The summed E-state index contributed by atoms with van der Waals surface area (Å²) in [5.74, 6) is 0.0672. The quantitative estimate of drug-likeness (QED) is 0.420. The first kappa shape index (κ1) is 18.1. The summed E-state index contributed by atoms with van der Waals surface area (Å²) in [6.45, 7) is 0.454. The molecule has 0 atom stereocenters. The van der Waals surface area contributed by atoms with E-state index in [4.69, 9.17) is 0 Å². The molecule has 138 valence electrons. The lowest BCUT2D eigenvalue weighted by Crippen LogP contribution is -2.22. The van der Waals surface area contributed by atoms with Gasteiger partial charge in [-0.15, -0.1) is 11.3 Å². The summed E-state index contributed by atoms with van der Waals surface area (Å²) in [5.41, 5.74) is 2.80. The Labute approximate surface area is 169 Å². The number of fused-ring (bicyclic) bond motifs is 2. The highest BCUT2D eigenvalue weighted by atomic mass is 79.9. The molecule has 7 heteroatoms. The molecule has 0 saturated carbocycles. The number of benzene rings is 1. The summed E-state index contributed by atoms with van der Waals surface area (Å²) in [6, 6.07) is 12.1. The van der Waals surface area contributed by atoms with Crippen LogP contribution < -0.4 is 5.32 Å². The maximum absolute atomic E-state index is 12.1. The highest BCUT2D eigenvalue weighted by Gasteiger charge is 2.07. The van der Waals surface area contributed by atoms with Gasteiger partial charge < -0.3 is 9.72 Å². The Morgan fingerprint density at radius 3 is 2.89 bits per heavy atom. The van der Waals surface area contributed by atoms with Crippen LogP contribution in [-0.4, -0.2) is 20.3 Å². The van der Waals surface area contributed by atoms with E-state index >= 15 is 0 Å². The van der Waals surface area contributed by atoms with E-state index in [0.29, 0.717) is 13.0 Å². The van der Waals surface area contributed by atoms with Gasteiger partial charge in [0.1, 0.15) is 5.65 Å². The second kappa shape index (κ2) is 8.19. The number of aryl methyl sites for hydroxylation is 1. The number of pyridine rings is 1. The molecule has 0 unspecified atom stereocenters. The number of amides is 1. The van der Waals surface area contributed by atoms with E-state index in [2.05, 4.69) is 37.3 Å². The zero-order valence-corrected chi connectivity index (χ0v) is 17.1. The van der Waals surface area contributed by atoms with Gasteiger partial charge in [-0.3, -0.25) is 4.79 Å². The van der Waals surface area contributed by atoms with Crippen LogP contribution in [0.2, 0.25) is 0 Å². The molecule has 0 saturated heterocycles. The van der Waals surface area contributed by atoms with Crippen LogP contribution in [0.3, 0.4) is 0 Å². The summed E-state index contributed by atoms with van der Waals surface area (Å²) >= 11 is 5.18. The third-order valence-corrected chi connectivity index (χ3v) is 5.88. The number of para-hydroxylation sites is 1. The van der Waals surface area contributed by atoms with Crippen LogP contribution in [0.25, 0.3) is 15.9 Å². The molecule has 0 radical (unpaired) electrons.